The smallest absolute Gasteiger partial charge is 0.186 e. The molecule has 22 heavy (non-hydrogen) atoms. The Kier molecular flexibility index (Phi) is 3.35. The summed E-state index contributed by atoms with van der Waals surface area (Å²) in [5.74, 6) is 1.65. The first kappa shape index (κ1) is 13.7. The Morgan fingerprint density at radius 3 is 2.59 bits per heavy atom. The van der Waals surface area contributed by atoms with Gasteiger partial charge >= 0.3 is 0 Å². The van der Waals surface area contributed by atoms with Crippen molar-refractivity contribution in [3.63, 3.8) is 0 Å². The van der Waals surface area contributed by atoms with Gasteiger partial charge in [-0.25, -0.2) is 0 Å². The molecule has 4 nitrogen and oxygen atoms in total. The second-order valence-corrected chi connectivity index (χ2v) is 7.27. The van der Waals surface area contributed by atoms with Crippen LogP contribution in [0.25, 0.3) is 11.4 Å². The van der Waals surface area contributed by atoms with E-state index in [1.165, 1.54) is 10.4 Å². The Bertz CT molecular complexity index is 859. The molecule has 3 heterocycles. The molecule has 1 aromatic carbocycles. The first-order chi connectivity index (χ1) is 10.7. The van der Waals surface area contributed by atoms with Crippen LogP contribution in [0.5, 0.6) is 0 Å². The van der Waals surface area contributed by atoms with Crippen LogP contribution in [-0.4, -0.2) is 26.3 Å². The van der Waals surface area contributed by atoms with E-state index < -0.39 is 0 Å². The number of hydrogen-bond acceptors (Lipinski definition) is 5. The van der Waals surface area contributed by atoms with Crippen molar-refractivity contribution in [2.24, 2.45) is 5.10 Å². The molecule has 1 aliphatic rings. The van der Waals surface area contributed by atoms with E-state index >= 15 is 0 Å². The summed E-state index contributed by atoms with van der Waals surface area (Å²) in [6.07, 6.45) is 0. The molecule has 0 atom stereocenters. The SMILES string of the molecule is Cc1ccc(C2=Nn3c(nnc3-c3ccsc3C)SC2)cc1. The van der Waals surface area contributed by atoms with Crippen LogP contribution in [0, 0.1) is 13.8 Å². The van der Waals surface area contributed by atoms with Crippen molar-refractivity contribution in [1.29, 1.82) is 0 Å². The number of thiophene rings is 1. The first-order valence-corrected chi connectivity index (χ1v) is 8.86. The van der Waals surface area contributed by atoms with Crippen LogP contribution in [-0.2, 0) is 0 Å². The predicted molar refractivity (Wildman–Crippen MR) is 91.9 cm³/mol. The van der Waals surface area contributed by atoms with Gasteiger partial charge in [0.1, 0.15) is 0 Å². The molecule has 0 aliphatic carbocycles. The van der Waals surface area contributed by atoms with Crippen LogP contribution >= 0.6 is 23.1 Å². The molecule has 0 unspecified atom stereocenters. The highest BCUT2D eigenvalue weighted by molar-refractivity contribution is 7.99. The van der Waals surface area contributed by atoms with Crippen molar-refractivity contribution in [3.05, 3.63) is 51.7 Å². The summed E-state index contributed by atoms with van der Waals surface area (Å²) in [4.78, 5) is 1.23. The summed E-state index contributed by atoms with van der Waals surface area (Å²) < 4.78 is 1.87. The van der Waals surface area contributed by atoms with Crippen LogP contribution in [0.3, 0.4) is 0 Å². The van der Waals surface area contributed by atoms with E-state index in [1.54, 1.807) is 23.1 Å². The molecule has 0 amide bonds. The molecule has 0 fully saturated rings. The Labute approximate surface area is 136 Å². The second kappa shape index (κ2) is 5.37. The summed E-state index contributed by atoms with van der Waals surface area (Å²) in [6, 6.07) is 10.6. The van der Waals surface area contributed by atoms with E-state index in [0.29, 0.717) is 0 Å². The van der Waals surface area contributed by atoms with Gasteiger partial charge in [-0.3, -0.25) is 0 Å². The lowest BCUT2D eigenvalue weighted by atomic mass is 10.1. The Morgan fingerprint density at radius 2 is 1.86 bits per heavy atom. The van der Waals surface area contributed by atoms with Crippen molar-refractivity contribution in [1.82, 2.24) is 14.9 Å². The Morgan fingerprint density at radius 1 is 1.05 bits per heavy atom. The number of aromatic nitrogens is 3. The van der Waals surface area contributed by atoms with E-state index in [2.05, 4.69) is 59.8 Å². The van der Waals surface area contributed by atoms with Crippen LogP contribution in [0.15, 0.2) is 46.0 Å². The summed E-state index contributed by atoms with van der Waals surface area (Å²) in [5, 5.41) is 16.3. The number of nitrogens with zero attached hydrogens (tertiary/aromatic N) is 4. The number of benzene rings is 1. The molecule has 0 N–H and O–H groups in total. The van der Waals surface area contributed by atoms with E-state index in [0.717, 1.165) is 33.6 Å². The zero-order valence-electron chi connectivity index (χ0n) is 12.3. The highest BCUT2D eigenvalue weighted by Crippen LogP contribution is 2.31. The number of aryl methyl sites for hydroxylation is 2. The van der Waals surface area contributed by atoms with Gasteiger partial charge in [0.25, 0.3) is 0 Å². The van der Waals surface area contributed by atoms with Gasteiger partial charge in [0.05, 0.1) is 5.71 Å². The van der Waals surface area contributed by atoms with Crippen LogP contribution in [0.2, 0.25) is 0 Å². The van der Waals surface area contributed by atoms with Gasteiger partial charge in [0.2, 0.25) is 5.16 Å². The fraction of sp³-hybridized carbons (Fsp3) is 0.188. The molecule has 2 aromatic heterocycles. The van der Waals surface area contributed by atoms with Crippen molar-refractivity contribution in [2.45, 2.75) is 19.0 Å². The minimum Gasteiger partial charge on any atom is -0.186 e. The number of rotatable bonds is 2. The average Bonchev–Trinajstić information content (AvgIpc) is 3.13. The molecule has 0 saturated heterocycles. The second-order valence-electron chi connectivity index (χ2n) is 5.21. The molecule has 0 saturated carbocycles. The van der Waals surface area contributed by atoms with Gasteiger partial charge < -0.3 is 0 Å². The maximum atomic E-state index is 4.79. The van der Waals surface area contributed by atoms with Gasteiger partial charge in [-0.15, -0.1) is 21.5 Å². The van der Waals surface area contributed by atoms with Crippen LogP contribution < -0.4 is 0 Å². The van der Waals surface area contributed by atoms with E-state index in [9.17, 15) is 0 Å². The first-order valence-electron chi connectivity index (χ1n) is 7.00. The third-order valence-electron chi connectivity index (χ3n) is 3.66. The molecule has 6 heteroatoms. The number of fused-ring (bicyclic) bond motifs is 1. The summed E-state index contributed by atoms with van der Waals surface area (Å²) in [5.41, 5.74) is 4.59. The lowest BCUT2D eigenvalue weighted by Gasteiger charge is -2.14. The highest BCUT2D eigenvalue weighted by atomic mass is 32.2. The fourth-order valence-electron chi connectivity index (χ4n) is 2.40. The molecule has 0 spiro atoms. The Hall–Kier alpha value is -1.92. The molecule has 3 aromatic rings. The molecule has 1 aliphatic heterocycles. The topological polar surface area (TPSA) is 43.1 Å². The monoisotopic (exact) mass is 326 g/mol. The van der Waals surface area contributed by atoms with E-state index in [4.69, 9.17) is 5.10 Å². The van der Waals surface area contributed by atoms with Gasteiger partial charge in [-0.05, 0) is 30.9 Å². The lowest BCUT2D eigenvalue weighted by molar-refractivity contribution is 0.762. The summed E-state index contributed by atoms with van der Waals surface area (Å²) in [7, 11) is 0. The van der Waals surface area contributed by atoms with Crippen molar-refractivity contribution in [2.75, 3.05) is 5.75 Å². The van der Waals surface area contributed by atoms with Crippen LogP contribution in [0.1, 0.15) is 16.0 Å². The minimum absolute atomic E-state index is 0.823. The maximum Gasteiger partial charge on any atom is 0.212 e. The quantitative estimate of drug-likeness (QED) is 0.715. The van der Waals surface area contributed by atoms with Gasteiger partial charge in [-0.2, -0.15) is 9.78 Å². The molecule has 0 bridgehead atoms. The van der Waals surface area contributed by atoms with Gasteiger partial charge in [0.15, 0.2) is 5.82 Å². The fourth-order valence-corrected chi connectivity index (χ4v) is 3.93. The summed E-state index contributed by atoms with van der Waals surface area (Å²) in [6.45, 7) is 4.19. The number of thioether (sulfide) groups is 1. The molecular formula is C16H14N4S2. The molecule has 4 rings (SSSR count). The predicted octanol–water partition coefficient (Wildman–Crippen LogP) is 3.98. The third-order valence-corrected chi connectivity index (χ3v) is 5.43. The largest absolute Gasteiger partial charge is 0.212 e. The van der Waals surface area contributed by atoms with Crippen molar-refractivity contribution < 1.29 is 0 Å². The van der Waals surface area contributed by atoms with Crippen molar-refractivity contribution in [3.8, 4) is 11.4 Å². The minimum atomic E-state index is 0.823. The normalized spacial score (nSPS) is 13.8. The third kappa shape index (κ3) is 2.28. The zero-order chi connectivity index (χ0) is 15.1. The summed E-state index contributed by atoms with van der Waals surface area (Å²) >= 11 is 3.40. The standard InChI is InChI=1S/C16H14N4S2/c1-10-3-5-12(6-4-10)14-9-22-16-18-17-15(20(16)19-14)13-7-8-21-11(13)2/h3-8H,9H2,1-2H3. The van der Waals surface area contributed by atoms with E-state index in [-0.39, 0.29) is 0 Å². The zero-order valence-corrected chi connectivity index (χ0v) is 13.9. The Balaban J connectivity index is 1.81. The van der Waals surface area contributed by atoms with Gasteiger partial charge in [-0.1, -0.05) is 41.6 Å². The van der Waals surface area contributed by atoms with Gasteiger partial charge in [0, 0.05) is 16.2 Å². The average molecular weight is 326 g/mol. The molecule has 110 valence electrons. The molecular weight excluding hydrogens is 312 g/mol. The van der Waals surface area contributed by atoms with E-state index in [1.807, 2.05) is 4.68 Å². The molecule has 0 radical (unpaired) electrons. The number of hydrogen-bond donors (Lipinski definition) is 0. The highest BCUT2D eigenvalue weighted by Gasteiger charge is 2.21. The van der Waals surface area contributed by atoms with Crippen molar-refractivity contribution >= 4 is 28.8 Å². The lowest BCUT2D eigenvalue weighted by Crippen LogP contribution is -2.13. The maximum absolute atomic E-state index is 4.79. The van der Waals surface area contributed by atoms with Crippen LogP contribution in [0.4, 0.5) is 0 Å².